The van der Waals surface area contributed by atoms with Crippen molar-refractivity contribution >= 4 is 24.0 Å². The lowest BCUT2D eigenvalue weighted by Crippen LogP contribution is -2.45. The smallest absolute Gasteiger partial charge is 0.120 e. The van der Waals surface area contributed by atoms with E-state index in [1.54, 1.807) is 18.2 Å². The van der Waals surface area contributed by atoms with Crippen LogP contribution < -0.4 is 5.32 Å². The van der Waals surface area contributed by atoms with Crippen molar-refractivity contribution in [3.05, 3.63) is 28.8 Å². The van der Waals surface area contributed by atoms with Crippen LogP contribution in [0.5, 0.6) is 5.75 Å². The molecule has 6 heteroatoms. The summed E-state index contributed by atoms with van der Waals surface area (Å²) in [4.78, 5) is 2.20. The molecule has 0 amide bonds. The van der Waals surface area contributed by atoms with Crippen molar-refractivity contribution in [1.29, 1.82) is 0 Å². The van der Waals surface area contributed by atoms with Crippen molar-refractivity contribution < 1.29 is 9.50 Å². The fraction of sp³-hybridized carbons (Fsp3) is 0.538. The molecule has 0 radical (unpaired) electrons. The molecule has 2 N–H and O–H groups in total. The van der Waals surface area contributed by atoms with Gasteiger partial charge in [-0.05, 0) is 24.6 Å². The van der Waals surface area contributed by atoms with Crippen molar-refractivity contribution in [1.82, 2.24) is 10.2 Å². The lowest BCUT2D eigenvalue weighted by molar-refractivity contribution is 0.155. The Morgan fingerprint density at radius 2 is 2.05 bits per heavy atom. The van der Waals surface area contributed by atoms with E-state index in [0.29, 0.717) is 11.4 Å². The van der Waals surface area contributed by atoms with Crippen molar-refractivity contribution in [3.63, 3.8) is 0 Å². The second-order valence-corrected chi connectivity index (χ2v) is 4.92. The number of nitrogens with zero attached hydrogens (tertiary/aromatic N) is 1. The largest absolute Gasteiger partial charge is 0.508 e. The quantitative estimate of drug-likeness (QED) is 0.898. The molecule has 0 spiro atoms. The molecule has 2 rings (SSSR count). The summed E-state index contributed by atoms with van der Waals surface area (Å²) in [5.41, 5.74) is 0.724. The molecular formula is C13H19Cl2FN2O. The molecule has 0 saturated carbocycles. The van der Waals surface area contributed by atoms with E-state index in [4.69, 9.17) is 11.6 Å². The van der Waals surface area contributed by atoms with E-state index in [1.807, 2.05) is 0 Å². The van der Waals surface area contributed by atoms with Crippen LogP contribution in [-0.2, 0) is 0 Å². The number of rotatable bonds is 4. The summed E-state index contributed by atoms with van der Waals surface area (Å²) in [7, 11) is 0. The van der Waals surface area contributed by atoms with Crippen molar-refractivity contribution in [2.45, 2.75) is 12.5 Å². The molecule has 3 nitrogen and oxygen atoms in total. The Morgan fingerprint density at radius 1 is 1.37 bits per heavy atom. The summed E-state index contributed by atoms with van der Waals surface area (Å²) in [6.07, 6.45) is 0.383. The first-order valence-electron chi connectivity index (χ1n) is 6.21. The number of phenols is 1. The zero-order valence-corrected chi connectivity index (χ0v) is 12.2. The molecule has 1 aliphatic heterocycles. The molecule has 1 fully saturated rings. The summed E-state index contributed by atoms with van der Waals surface area (Å²) < 4.78 is 12.8. The number of benzene rings is 1. The number of alkyl halides is 1. The van der Waals surface area contributed by atoms with Gasteiger partial charge in [-0.25, -0.2) is 0 Å². The van der Waals surface area contributed by atoms with Gasteiger partial charge in [-0.3, -0.25) is 9.29 Å². The van der Waals surface area contributed by atoms with Gasteiger partial charge in [-0.1, -0.05) is 11.6 Å². The van der Waals surface area contributed by atoms with Gasteiger partial charge in [0.1, 0.15) is 5.75 Å². The highest BCUT2D eigenvalue weighted by Crippen LogP contribution is 2.33. The van der Waals surface area contributed by atoms with E-state index in [1.165, 1.54) is 0 Å². The molecule has 1 aromatic rings. The highest BCUT2D eigenvalue weighted by molar-refractivity contribution is 6.30. The lowest BCUT2D eigenvalue weighted by Gasteiger charge is -2.35. The first-order valence-corrected chi connectivity index (χ1v) is 6.59. The molecule has 0 bridgehead atoms. The molecule has 0 aliphatic carbocycles. The third-order valence-corrected chi connectivity index (χ3v) is 3.56. The van der Waals surface area contributed by atoms with Gasteiger partial charge in [0, 0.05) is 42.8 Å². The summed E-state index contributed by atoms with van der Waals surface area (Å²) in [5.74, 6) is 0.191. The van der Waals surface area contributed by atoms with E-state index in [-0.39, 0.29) is 24.2 Å². The molecule has 1 heterocycles. The van der Waals surface area contributed by atoms with Crippen LogP contribution in [0.25, 0.3) is 0 Å². The minimum absolute atomic E-state index is 0. The van der Waals surface area contributed by atoms with Gasteiger partial charge in [-0.2, -0.15) is 0 Å². The van der Waals surface area contributed by atoms with E-state index in [2.05, 4.69) is 10.2 Å². The van der Waals surface area contributed by atoms with Gasteiger partial charge in [-0.15, -0.1) is 12.4 Å². The Hall–Kier alpha value is -0.550. The Balaban J connectivity index is 0.00000180. The van der Waals surface area contributed by atoms with Crippen LogP contribution in [0.4, 0.5) is 4.39 Å². The fourth-order valence-corrected chi connectivity index (χ4v) is 2.60. The molecule has 108 valence electrons. The van der Waals surface area contributed by atoms with Crippen molar-refractivity contribution in [3.8, 4) is 5.75 Å². The van der Waals surface area contributed by atoms with E-state index >= 15 is 0 Å². The molecule has 1 aliphatic rings. The molecule has 1 aromatic carbocycles. The highest BCUT2D eigenvalue weighted by atomic mass is 35.5. The average molecular weight is 309 g/mol. The molecular weight excluding hydrogens is 290 g/mol. The number of piperazine rings is 1. The fourth-order valence-electron chi connectivity index (χ4n) is 2.42. The maximum absolute atomic E-state index is 12.8. The summed E-state index contributed by atoms with van der Waals surface area (Å²) in [6, 6.07) is 4.85. The van der Waals surface area contributed by atoms with Crippen LogP contribution in [-0.4, -0.2) is 42.9 Å². The third-order valence-electron chi connectivity index (χ3n) is 3.32. The first-order chi connectivity index (χ1) is 8.72. The van der Waals surface area contributed by atoms with Crippen LogP contribution in [0.15, 0.2) is 18.2 Å². The van der Waals surface area contributed by atoms with Crippen LogP contribution in [0.3, 0.4) is 0 Å². The number of nitrogens with one attached hydrogen (secondary N) is 1. The molecule has 1 saturated heterocycles. The summed E-state index contributed by atoms with van der Waals surface area (Å²) >= 11 is 5.96. The molecule has 19 heavy (non-hydrogen) atoms. The van der Waals surface area contributed by atoms with E-state index in [9.17, 15) is 9.50 Å². The molecule has 0 unspecified atom stereocenters. The minimum Gasteiger partial charge on any atom is -0.508 e. The lowest BCUT2D eigenvalue weighted by atomic mass is 10.0. The maximum atomic E-state index is 12.8. The number of phenolic OH excluding ortho intramolecular Hbond substituents is 1. The third kappa shape index (κ3) is 4.21. The van der Waals surface area contributed by atoms with E-state index < -0.39 is 6.67 Å². The zero-order chi connectivity index (χ0) is 13.0. The maximum Gasteiger partial charge on any atom is 0.120 e. The van der Waals surface area contributed by atoms with Crippen LogP contribution >= 0.6 is 24.0 Å². The SMILES string of the molecule is Cl.Oc1ccc(Cl)cc1[C@H](CCF)N1CCNCC1. The number of hydrogen-bond donors (Lipinski definition) is 2. The monoisotopic (exact) mass is 308 g/mol. The number of hydrogen-bond acceptors (Lipinski definition) is 3. The van der Waals surface area contributed by atoms with Gasteiger partial charge in [0.25, 0.3) is 0 Å². The van der Waals surface area contributed by atoms with E-state index in [0.717, 1.165) is 31.7 Å². The number of halogens is 3. The Labute approximate surface area is 124 Å². The van der Waals surface area contributed by atoms with Gasteiger partial charge in [0.2, 0.25) is 0 Å². The van der Waals surface area contributed by atoms with Crippen molar-refractivity contribution in [2.24, 2.45) is 0 Å². The summed E-state index contributed by atoms with van der Waals surface area (Å²) in [5, 5.41) is 13.8. The Bertz CT molecular complexity index is 400. The topological polar surface area (TPSA) is 35.5 Å². The van der Waals surface area contributed by atoms with Gasteiger partial charge >= 0.3 is 0 Å². The van der Waals surface area contributed by atoms with Gasteiger partial charge in [0.05, 0.1) is 6.67 Å². The van der Waals surface area contributed by atoms with Crippen LogP contribution in [0.2, 0.25) is 5.02 Å². The molecule has 1 atom stereocenters. The summed E-state index contributed by atoms with van der Waals surface area (Å²) in [6.45, 7) is 3.10. The average Bonchev–Trinajstić information content (AvgIpc) is 2.40. The second kappa shape index (κ2) is 7.90. The van der Waals surface area contributed by atoms with Gasteiger partial charge in [0.15, 0.2) is 0 Å². The van der Waals surface area contributed by atoms with Crippen LogP contribution in [0.1, 0.15) is 18.0 Å². The number of aromatic hydroxyl groups is 1. The zero-order valence-electron chi connectivity index (χ0n) is 10.6. The Morgan fingerprint density at radius 3 is 2.68 bits per heavy atom. The molecule has 0 aromatic heterocycles. The normalized spacial score (nSPS) is 17.8. The minimum atomic E-state index is -0.402. The predicted molar refractivity (Wildman–Crippen MR) is 78.1 cm³/mol. The van der Waals surface area contributed by atoms with Crippen molar-refractivity contribution in [2.75, 3.05) is 32.9 Å². The van der Waals surface area contributed by atoms with Gasteiger partial charge < -0.3 is 10.4 Å². The first kappa shape index (κ1) is 16.5. The highest BCUT2D eigenvalue weighted by Gasteiger charge is 2.24. The van der Waals surface area contributed by atoms with Crippen LogP contribution in [0, 0.1) is 0 Å². The Kier molecular flexibility index (Phi) is 6.86. The predicted octanol–water partition coefficient (Wildman–Crippen LogP) is 2.77. The standard InChI is InChI=1S/C13H18ClFN2O.ClH/c14-10-1-2-13(18)11(9-10)12(3-4-15)17-7-5-16-6-8-17;/h1-2,9,12,16,18H,3-8H2;1H/t12-;/m0./s1. The second-order valence-electron chi connectivity index (χ2n) is 4.48.